The predicted octanol–water partition coefficient (Wildman–Crippen LogP) is 1.26. The first-order valence-corrected chi connectivity index (χ1v) is 7.48. The van der Waals surface area contributed by atoms with Crippen LogP contribution in [0, 0.1) is 0 Å². The summed E-state index contributed by atoms with van der Waals surface area (Å²) >= 11 is 1.71. The van der Waals surface area contributed by atoms with Gasteiger partial charge in [-0.3, -0.25) is 9.59 Å². The van der Waals surface area contributed by atoms with E-state index in [0.29, 0.717) is 6.42 Å². The van der Waals surface area contributed by atoms with Crippen molar-refractivity contribution in [3.63, 3.8) is 0 Å². The molecule has 2 unspecified atom stereocenters. The van der Waals surface area contributed by atoms with Crippen LogP contribution in [0.2, 0.25) is 0 Å². The molecule has 0 aromatic rings. The van der Waals surface area contributed by atoms with Crippen LogP contribution in [0.5, 0.6) is 0 Å². The second kappa shape index (κ2) is 5.76. The van der Waals surface area contributed by atoms with Gasteiger partial charge in [0.05, 0.1) is 6.54 Å². The second-order valence-electron chi connectivity index (χ2n) is 4.68. The molecule has 1 aliphatic rings. The molecule has 2 amide bonds. The molecule has 1 N–H and O–H groups in total. The molecule has 0 aromatic heterocycles. The van der Waals surface area contributed by atoms with Gasteiger partial charge in [-0.2, -0.15) is 11.8 Å². The number of nitrogens with one attached hydrogen (secondary N) is 1. The summed E-state index contributed by atoms with van der Waals surface area (Å²) in [4.78, 5) is 25.9. The van der Waals surface area contributed by atoms with Crippen LogP contribution < -0.4 is 5.32 Å². The summed E-state index contributed by atoms with van der Waals surface area (Å²) < 4.78 is 0. The first kappa shape index (κ1) is 14.4. The van der Waals surface area contributed by atoms with Crippen molar-refractivity contribution in [2.75, 3.05) is 18.6 Å². The van der Waals surface area contributed by atoms with Gasteiger partial charge in [-0.05, 0) is 26.0 Å². The van der Waals surface area contributed by atoms with Gasteiger partial charge < -0.3 is 10.2 Å². The molecule has 1 heterocycles. The van der Waals surface area contributed by atoms with E-state index in [1.54, 1.807) is 16.7 Å². The normalized spacial score (nSPS) is 26.9. The minimum absolute atomic E-state index is 0.0477. The first-order chi connectivity index (χ1) is 7.98. The van der Waals surface area contributed by atoms with Crippen molar-refractivity contribution >= 4 is 23.6 Å². The van der Waals surface area contributed by atoms with Crippen molar-refractivity contribution in [1.29, 1.82) is 0 Å². The molecular formula is C12H22N2O2S. The van der Waals surface area contributed by atoms with Gasteiger partial charge in [0.1, 0.15) is 5.54 Å². The van der Waals surface area contributed by atoms with E-state index in [2.05, 4.69) is 12.2 Å². The molecule has 1 aliphatic heterocycles. The number of rotatable bonds is 5. The fraction of sp³-hybridized carbons (Fsp3) is 0.833. The summed E-state index contributed by atoms with van der Waals surface area (Å²) in [6.07, 6.45) is 3.54. The lowest BCUT2D eigenvalue weighted by Crippen LogP contribution is -2.67. The zero-order valence-electron chi connectivity index (χ0n) is 11.1. The van der Waals surface area contributed by atoms with Crippen molar-refractivity contribution in [2.24, 2.45) is 0 Å². The van der Waals surface area contributed by atoms with Crippen molar-refractivity contribution in [3.05, 3.63) is 0 Å². The fourth-order valence-electron chi connectivity index (χ4n) is 2.10. The molecule has 5 heteroatoms. The Kier molecular flexibility index (Phi) is 4.86. The molecular weight excluding hydrogens is 236 g/mol. The van der Waals surface area contributed by atoms with E-state index in [9.17, 15) is 9.59 Å². The van der Waals surface area contributed by atoms with Gasteiger partial charge in [0.15, 0.2) is 0 Å². The monoisotopic (exact) mass is 258 g/mol. The predicted molar refractivity (Wildman–Crippen MR) is 71.0 cm³/mol. The number of thioether (sulfide) groups is 1. The Morgan fingerprint density at radius 2 is 2.12 bits per heavy atom. The highest BCUT2D eigenvalue weighted by atomic mass is 32.2. The largest absolute Gasteiger partial charge is 0.340 e. The summed E-state index contributed by atoms with van der Waals surface area (Å²) in [6, 6.07) is 0.162. The zero-order valence-corrected chi connectivity index (χ0v) is 11.9. The first-order valence-electron chi connectivity index (χ1n) is 6.09. The highest BCUT2D eigenvalue weighted by Crippen LogP contribution is 2.22. The second-order valence-corrected chi connectivity index (χ2v) is 5.59. The van der Waals surface area contributed by atoms with E-state index in [1.165, 1.54) is 0 Å². The molecule has 0 aromatic carbocycles. The van der Waals surface area contributed by atoms with Crippen molar-refractivity contribution in [3.8, 4) is 0 Å². The van der Waals surface area contributed by atoms with E-state index in [4.69, 9.17) is 0 Å². The molecule has 0 radical (unpaired) electrons. The lowest BCUT2D eigenvalue weighted by Gasteiger charge is -2.42. The Balaban J connectivity index is 2.90. The molecule has 1 rings (SSSR count). The third-order valence-electron chi connectivity index (χ3n) is 3.44. The van der Waals surface area contributed by atoms with E-state index in [1.807, 2.05) is 20.1 Å². The Labute approximate surface area is 108 Å². The van der Waals surface area contributed by atoms with Gasteiger partial charge in [0.2, 0.25) is 11.8 Å². The molecule has 0 saturated carbocycles. The van der Waals surface area contributed by atoms with Crippen LogP contribution in [-0.2, 0) is 9.59 Å². The standard InChI is InChI=1S/C12H22N2O2S/c1-5-9(8-17-4)14-7-10(15)13-12(3,6-2)11(14)16/h9H,5-8H2,1-4H3,(H,13,15). The van der Waals surface area contributed by atoms with Gasteiger partial charge in [0.25, 0.3) is 0 Å². The topological polar surface area (TPSA) is 49.4 Å². The summed E-state index contributed by atoms with van der Waals surface area (Å²) in [7, 11) is 0. The minimum atomic E-state index is -0.721. The maximum absolute atomic E-state index is 12.4. The van der Waals surface area contributed by atoms with Gasteiger partial charge in [-0.15, -0.1) is 0 Å². The van der Waals surface area contributed by atoms with Crippen LogP contribution in [0.25, 0.3) is 0 Å². The minimum Gasteiger partial charge on any atom is -0.340 e. The molecule has 0 bridgehead atoms. The van der Waals surface area contributed by atoms with Gasteiger partial charge in [-0.1, -0.05) is 13.8 Å². The summed E-state index contributed by atoms with van der Waals surface area (Å²) in [5, 5.41) is 2.81. The van der Waals surface area contributed by atoms with Crippen LogP contribution in [-0.4, -0.2) is 46.8 Å². The molecule has 4 nitrogen and oxygen atoms in total. The Hall–Kier alpha value is -0.710. The fourth-order valence-corrected chi connectivity index (χ4v) is 2.90. The van der Waals surface area contributed by atoms with Crippen molar-refractivity contribution in [2.45, 2.75) is 45.2 Å². The van der Waals surface area contributed by atoms with Crippen molar-refractivity contribution < 1.29 is 9.59 Å². The smallest absolute Gasteiger partial charge is 0.248 e. The Morgan fingerprint density at radius 3 is 2.59 bits per heavy atom. The lowest BCUT2D eigenvalue weighted by molar-refractivity contribution is -0.151. The Morgan fingerprint density at radius 1 is 1.47 bits per heavy atom. The SMILES string of the molecule is CCC(CSC)N1CC(=O)NC(C)(CC)C1=O. The quantitative estimate of drug-likeness (QED) is 0.807. The lowest BCUT2D eigenvalue weighted by atomic mass is 9.93. The number of carbonyl (C=O) groups excluding carboxylic acids is 2. The zero-order chi connectivity index (χ0) is 13.1. The number of piperazine rings is 1. The van der Waals surface area contributed by atoms with Crippen LogP contribution in [0.3, 0.4) is 0 Å². The summed E-state index contributed by atoms with van der Waals surface area (Å²) in [5.74, 6) is 0.893. The molecule has 17 heavy (non-hydrogen) atoms. The third kappa shape index (κ3) is 2.94. The average molecular weight is 258 g/mol. The van der Waals surface area contributed by atoms with E-state index in [0.717, 1.165) is 12.2 Å². The maximum Gasteiger partial charge on any atom is 0.248 e. The molecule has 98 valence electrons. The molecule has 0 aliphatic carbocycles. The van der Waals surface area contributed by atoms with E-state index < -0.39 is 5.54 Å². The van der Waals surface area contributed by atoms with Crippen LogP contribution >= 0.6 is 11.8 Å². The number of hydrogen-bond acceptors (Lipinski definition) is 3. The van der Waals surface area contributed by atoms with Crippen LogP contribution in [0.1, 0.15) is 33.6 Å². The molecule has 2 atom stereocenters. The van der Waals surface area contributed by atoms with Gasteiger partial charge in [-0.25, -0.2) is 0 Å². The molecule has 1 fully saturated rings. The third-order valence-corrected chi connectivity index (χ3v) is 4.16. The summed E-state index contributed by atoms with van der Waals surface area (Å²) in [5.41, 5.74) is -0.721. The molecule has 0 spiro atoms. The number of nitrogens with zero attached hydrogens (tertiary/aromatic N) is 1. The van der Waals surface area contributed by atoms with Gasteiger partial charge >= 0.3 is 0 Å². The van der Waals surface area contributed by atoms with Gasteiger partial charge in [0, 0.05) is 11.8 Å². The number of carbonyl (C=O) groups is 2. The highest BCUT2D eigenvalue weighted by molar-refractivity contribution is 7.98. The van der Waals surface area contributed by atoms with E-state index >= 15 is 0 Å². The van der Waals surface area contributed by atoms with E-state index in [-0.39, 0.29) is 24.4 Å². The molecule has 1 saturated heterocycles. The van der Waals surface area contributed by atoms with Crippen LogP contribution in [0.4, 0.5) is 0 Å². The maximum atomic E-state index is 12.4. The van der Waals surface area contributed by atoms with Crippen molar-refractivity contribution in [1.82, 2.24) is 10.2 Å². The van der Waals surface area contributed by atoms with Crippen LogP contribution in [0.15, 0.2) is 0 Å². The number of hydrogen-bond donors (Lipinski definition) is 1. The Bertz CT molecular complexity index is 309. The summed E-state index contributed by atoms with van der Waals surface area (Å²) in [6.45, 7) is 6.00. The number of amides is 2. The average Bonchev–Trinajstić information content (AvgIpc) is 2.31. The highest BCUT2D eigenvalue weighted by Gasteiger charge is 2.43.